The molecule has 84 valence electrons. The van der Waals surface area contributed by atoms with Crippen molar-refractivity contribution >= 4 is 5.97 Å². The fourth-order valence-corrected chi connectivity index (χ4v) is 2.82. The number of hydrogen-bond acceptors (Lipinski definition) is 3. The van der Waals surface area contributed by atoms with Crippen LogP contribution in [-0.2, 0) is 10.3 Å². The zero-order valence-corrected chi connectivity index (χ0v) is 9.40. The molecule has 1 aromatic heterocycles. The van der Waals surface area contributed by atoms with Crippen molar-refractivity contribution in [3.63, 3.8) is 0 Å². The van der Waals surface area contributed by atoms with Crippen molar-refractivity contribution in [3.05, 3.63) is 29.6 Å². The van der Waals surface area contributed by atoms with Gasteiger partial charge in [0, 0.05) is 11.8 Å². The SMILES string of the molecule is CC1CCC2(CC1)OC(=O)c1ncccc12. The van der Waals surface area contributed by atoms with Crippen LogP contribution in [0.1, 0.15) is 48.7 Å². The van der Waals surface area contributed by atoms with Gasteiger partial charge in [-0.15, -0.1) is 0 Å². The summed E-state index contributed by atoms with van der Waals surface area (Å²) in [6.45, 7) is 2.26. The van der Waals surface area contributed by atoms with E-state index >= 15 is 0 Å². The molecule has 1 fully saturated rings. The van der Waals surface area contributed by atoms with E-state index in [-0.39, 0.29) is 11.6 Å². The molecule has 0 amide bonds. The Morgan fingerprint density at radius 1 is 1.44 bits per heavy atom. The van der Waals surface area contributed by atoms with Gasteiger partial charge in [0.05, 0.1) is 0 Å². The number of pyridine rings is 1. The second kappa shape index (κ2) is 3.30. The molecule has 2 aliphatic rings. The zero-order valence-electron chi connectivity index (χ0n) is 9.40. The summed E-state index contributed by atoms with van der Waals surface area (Å²) in [5.74, 6) is 0.496. The summed E-state index contributed by atoms with van der Waals surface area (Å²) in [7, 11) is 0. The smallest absolute Gasteiger partial charge is 0.358 e. The molecule has 16 heavy (non-hydrogen) atoms. The molecule has 1 saturated carbocycles. The molecule has 0 N–H and O–H groups in total. The maximum absolute atomic E-state index is 11.7. The Morgan fingerprint density at radius 2 is 2.19 bits per heavy atom. The van der Waals surface area contributed by atoms with Crippen LogP contribution in [0, 0.1) is 5.92 Å². The van der Waals surface area contributed by atoms with Crippen LogP contribution in [0.5, 0.6) is 0 Å². The quantitative estimate of drug-likeness (QED) is 0.627. The van der Waals surface area contributed by atoms with E-state index in [1.807, 2.05) is 12.1 Å². The van der Waals surface area contributed by atoms with Crippen LogP contribution in [0.3, 0.4) is 0 Å². The van der Waals surface area contributed by atoms with Crippen LogP contribution in [-0.4, -0.2) is 11.0 Å². The van der Waals surface area contributed by atoms with Crippen molar-refractivity contribution in [1.82, 2.24) is 4.98 Å². The highest BCUT2D eigenvalue weighted by atomic mass is 16.6. The second-order valence-electron chi connectivity index (χ2n) is 4.97. The first-order chi connectivity index (χ1) is 7.71. The van der Waals surface area contributed by atoms with Crippen molar-refractivity contribution < 1.29 is 9.53 Å². The standard InChI is InChI=1S/C13H15NO2/c1-9-4-6-13(7-5-9)10-3-2-8-14-11(10)12(15)16-13/h2-3,8-9H,4-7H2,1H3. The van der Waals surface area contributed by atoms with Gasteiger partial charge in [-0.2, -0.15) is 0 Å². The number of carbonyl (C=O) groups is 1. The molecule has 0 unspecified atom stereocenters. The molecule has 1 aromatic rings. The highest BCUT2D eigenvalue weighted by Crippen LogP contribution is 2.47. The van der Waals surface area contributed by atoms with E-state index in [9.17, 15) is 4.79 Å². The van der Waals surface area contributed by atoms with Gasteiger partial charge in [-0.1, -0.05) is 13.0 Å². The molecule has 3 heteroatoms. The van der Waals surface area contributed by atoms with E-state index in [0.29, 0.717) is 5.69 Å². The largest absolute Gasteiger partial charge is 0.449 e. The van der Waals surface area contributed by atoms with E-state index in [4.69, 9.17) is 4.74 Å². The van der Waals surface area contributed by atoms with Gasteiger partial charge in [-0.25, -0.2) is 9.78 Å². The first-order valence-corrected chi connectivity index (χ1v) is 5.90. The number of rotatable bonds is 0. The average Bonchev–Trinajstić information content (AvgIpc) is 2.58. The van der Waals surface area contributed by atoms with Crippen LogP contribution in [0.25, 0.3) is 0 Å². The lowest BCUT2D eigenvalue weighted by Gasteiger charge is -2.35. The monoisotopic (exact) mass is 217 g/mol. The van der Waals surface area contributed by atoms with E-state index in [0.717, 1.165) is 37.2 Å². The topological polar surface area (TPSA) is 39.2 Å². The van der Waals surface area contributed by atoms with Crippen LogP contribution < -0.4 is 0 Å². The molecular formula is C13H15NO2. The normalized spacial score (nSPS) is 32.6. The number of aromatic nitrogens is 1. The predicted octanol–water partition coefficient (Wildman–Crippen LogP) is 2.66. The summed E-state index contributed by atoms with van der Waals surface area (Å²) >= 11 is 0. The van der Waals surface area contributed by atoms with Gasteiger partial charge in [-0.05, 0) is 37.7 Å². The Balaban J connectivity index is 2.02. The highest BCUT2D eigenvalue weighted by molar-refractivity contribution is 5.92. The Labute approximate surface area is 94.8 Å². The summed E-state index contributed by atoms with van der Waals surface area (Å²) in [5, 5.41) is 0. The lowest BCUT2D eigenvalue weighted by atomic mass is 9.76. The first-order valence-electron chi connectivity index (χ1n) is 5.90. The third-order valence-corrected chi connectivity index (χ3v) is 3.86. The van der Waals surface area contributed by atoms with Crippen LogP contribution in [0.15, 0.2) is 18.3 Å². The Bertz CT molecular complexity index is 433. The van der Waals surface area contributed by atoms with E-state index < -0.39 is 0 Å². The molecule has 3 nitrogen and oxygen atoms in total. The molecule has 2 heterocycles. The van der Waals surface area contributed by atoms with Gasteiger partial charge in [-0.3, -0.25) is 0 Å². The molecule has 3 rings (SSSR count). The molecule has 1 spiro atoms. The summed E-state index contributed by atoms with van der Waals surface area (Å²) in [6.07, 6.45) is 5.80. The van der Waals surface area contributed by atoms with Gasteiger partial charge < -0.3 is 4.74 Å². The highest BCUT2D eigenvalue weighted by Gasteiger charge is 2.47. The van der Waals surface area contributed by atoms with Crippen LogP contribution in [0.4, 0.5) is 0 Å². The summed E-state index contributed by atoms with van der Waals surface area (Å²) in [4.78, 5) is 15.9. The van der Waals surface area contributed by atoms with Gasteiger partial charge >= 0.3 is 5.97 Å². The van der Waals surface area contributed by atoms with Crippen molar-refractivity contribution in [1.29, 1.82) is 0 Å². The number of hydrogen-bond donors (Lipinski definition) is 0. The summed E-state index contributed by atoms with van der Waals surface area (Å²) in [6, 6.07) is 3.88. The maximum atomic E-state index is 11.7. The fourth-order valence-electron chi connectivity index (χ4n) is 2.82. The molecule has 1 aliphatic carbocycles. The molecule has 1 aliphatic heterocycles. The second-order valence-corrected chi connectivity index (χ2v) is 4.97. The Morgan fingerprint density at radius 3 is 2.94 bits per heavy atom. The van der Waals surface area contributed by atoms with Gasteiger partial charge in [0.15, 0.2) is 5.69 Å². The molecule has 0 aromatic carbocycles. The number of nitrogens with zero attached hydrogens (tertiary/aromatic N) is 1. The number of ether oxygens (including phenoxy) is 1. The molecule has 0 bridgehead atoms. The van der Waals surface area contributed by atoms with E-state index in [1.54, 1.807) is 6.20 Å². The average molecular weight is 217 g/mol. The Kier molecular flexibility index (Phi) is 2.03. The Hall–Kier alpha value is -1.38. The molecule has 0 atom stereocenters. The lowest BCUT2D eigenvalue weighted by Crippen LogP contribution is -2.31. The third-order valence-electron chi connectivity index (χ3n) is 3.86. The minimum atomic E-state index is -0.354. The molecular weight excluding hydrogens is 202 g/mol. The minimum absolute atomic E-state index is 0.245. The van der Waals surface area contributed by atoms with Crippen LogP contribution >= 0.6 is 0 Å². The molecule has 0 saturated heterocycles. The third kappa shape index (κ3) is 1.27. The van der Waals surface area contributed by atoms with Crippen molar-refractivity contribution in [2.24, 2.45) is 5.92 Å². The summed E-state index contributed by atoms with van der Waals surface area (Å²) in [5.41, 5.74) is 1.18. The van der Waals surface area contributed by atoms with Gasteiger partial charge in [0.1, 0.15) is 5.60 Å². The number of carbonyl (C=O) groups excluding carboxylic acids is 1. The zero-order chi connectivity index (χ0) is 11.2. The van der Waals surface area contributed by atoms with Crippen molar-refractivity contribution in [2.75, 3.05) is 0 Å². The van der Waals surface area contributed by atoms with Crippen LogP contribution in [0.2, 0.25) is 0 Å². The predicted molar refractivity (Wildman–Crippen MR) is 59.0 cm³/mol. The van der Waals surface area contributed by atoms with E-state index in [2.05, 4.69) is 11.9 Å². The first kappa shape index (κ1) is 9.82. The minimum Gasteiger partial charge on any atom is -0.449 e. The lowest BCUT2D eigenvalue weighted by molar-refractivity contribution is -0.0347. The number of esters is 1. The summed E-state index contributed by atoms with van der Waals surface area (Å²) < 4.78 is 5.61. The number of fused-ring (bicyclic) bond motifs is 2. The van der Waals surface area contributed by atoms with Gasteiger partial charge in [0.25, 0.3) is 0 Å². The van der Waals surface area contributed by atoms with E-state index in [1.165, 1.54) is 0 Å². The van der Waals surface area contributed by atoms with Crippen molar-refractivity contribution in [3.8, 4) is 0 Å². The fraction of sp³-hybridized carbons (Fsp3) is 0.538. The van der Waals surface area contributed by atoms with Crippen molar-refractivity contribution in [2.45, 2.75) is 38.2 Å². The molecule has 0 radical (unpaired) electrons. The van der Waals surface area contributed by atoms with Gasteiger partial charge in [0.2, 0.25) is 0 Å². The maximum Gasteiger partial charge on any atom is 0.358 e.